The van der Waals surface area contributed by atoms with Gasteiger partial charge in [0.2, 0.25) is 15.9 Å². The summed E-state index contributed by atoms with van der Waals surface area (Å²) >= 11 is 0. The Morgan fingerprint density at radius 2 is 1.78 bits per heavy atom. The van der Waals surface area contributed by atoms with E-state index in [1.54, 1.807) is 43.3 Å². The first kappa shape index (κ1) is 20.4. The lowest BCUT2D eigenvalue weighted by atomic mass is 10.1. The molecule has 0 spiro atoms. The molecule has 1 amide bonds. The van der Waals surface area contributed by atoms with Crippen LogP contribution in [0, 0.1) is 11.3 Å². The third-order valence-corrected chi connectivity index (χ3v) is 5.83. The van der Waals surface area contributed by atoms with Crippen molar-refractivity contribution in [1.82, 2.24) is 4.31 Å². The average Bonchev–Trinajstić information content (AvgIpc) is 2.67. The van der Waals surface area contributed by atoms with Gasteiger partial charge in [-0.25, -0.2) is 8.42 Å². The quantitative estimate of drug-likeness (QED) is 0.750. The number of sulfonamides is 1. The van der Waals surface area contributed by atoms with Crippen LogP contribution in [0.25, 0.3) is 0 Å². The molecular weight excluding hydrogens is 366 g/mol. The summed E-state index contributed by atoms with van der Waals surface area (Å²) < 4.78 is 31.6. The van der Waals surface area contributed by atoms with Crippen molar-refractivity contribution in [2.45, 2.75) is 18.2 Å². The minimum Gasteiger partial charge on any atom is -0.497 e. The summed E-state index contributed by atoms with van der Waals surface area (Å²) in [5.41, 5.74) is 1.38. The predicted octanol–water partition coefficient (Wildman–Crippen LogP) is 2.41. The second-order valence-corrected chi connectivity index (χ2v) is 7.62. The Hall–Kier alpha value is -2.89. The summed E-state index contributed by atoms with van der Waals surface area (Å²) in [6, 6.07) is 14.9. The molecule has 0 unspecified atom stereocenters. The number of hydrogen-bond acceptors (Lipinski definition) is 5. The zero-order valence-electron chi connectivity index (χ0n) is 15.2. The Kier molecular flexibility index (Phi) is 6.93. The molecule has 2 rings (SSSR count). The van der Waals surface area contributed by atoms with E-state index in [-0.39, 0.29) is 24.4 Å². The van der Waals surface area contributed by atoms with Crippen LogP contribution in [0.1, 0.15) is 12.5 Å². The number of nitrogens with zero attached hydrogens (tertiary/aromatic N) is 2. The third-order valence-electron chi connectivity index (χ3n) is 3.89. The molecule has 0 radical (unpaired) electrons. The van der Waals surface area contributed by atoms with Crippen LogP contribution in [0.15, 0.2) is 53.4 Å². The topological polar surface area (TPSA) is 99.5 Å². The van der Waals surface area contributed by atoms with Gasteiger partial charge in [-0.15, -0.1) is 0 Å². The first-order valence-corrected chi connectivity index (χ1v) is 9.74. The number of nitriles is 1. The molecule has 8 heteroatoms. The summed E-state index contributed by atoms with van der Waals surface area (Å²) in [5, 5.41) is 11.3. The monoisotopic (exact) mass is 387 g/mol. The van der Waals surface area contributed by atoms with Crippen LogP contribution in [0.2, 0.25) is 0 Å². The lowest BCUT2D eigenvalue weighted by Gasteiger charge is -2.20. The SMILES string of the molecule is CCN(CC(=O)Nc1ccc(CC#N)cc1)S(=O)(=O)c1ccc(OC)cc1. The molecule has 0 saturated carbocycles. The number of methoxy groups -OCH3 is 1. The highest BCUT2D eigenvalue weighted by Crippen LogP contribution is 2.19. The smallest absolute Gasteiger partial charge is 0.243 e. The van der Waals surface area contributed by atoms with Gasteiger partial charge in [0, 0.05) is 12.2 Å². The Balaban J connectivity index is 2.07. The van der Waals surface area contributed by atoms with E-state index < -0.39 is 15.9 Å². The molecule has 7 nitrogen and oxygen atoms in total. The van der Waals surface area contributed by atoms with Crippen LogP contribution < -0.4 is 10.1 Å². The fourth-order valence-electron chi connectivity index (χ4n) is 2.42. The van der Waals surface area contributed by atoms with E-state index in [9.17, 15) is 13.2 Å². The van der Waals surface area contributed by atoms with E-state index in [0.717, 1.165) is 9.87 Å². The normalized spacial score (nSPS) is 11.0. The highest BCUT2D eigenvalue weighted by Gasteiger charge is 2.25. The molecule has 0 aliphatic carbocycles. The van der Waals surface area contributed by atoms with Crippen molar-refractivity contribution in [3.05, 3.63) is 54.1 Å². The molecule has 0 aromatic heterocycles. The molecule has 0 bridgehead atoms. The molecule has 0 fully saturated rings. The van der Waals surface area contributed by atoms with Crippen LogP contribution in [-0.4, -0.2) is 38.8 Å². The number of carbonyl (C=O) groups excluding carboxylic acids is 1. The maximum Gasteiger partial charge on any atom is 0.243 e. The fraction of sp³-hybridized carbons (Fsp3) is 0.263. The maximum atomic E-state index is 12.7. The summed E-state index contributed by atoms with van der Waals surface area (Å²) in [6.45, 7) is 1.53. The Bertz CT molecular complexity index is 917. The minimum absolute atomic E-state index is 0.0961. The Labute approximate surface area is 159 Å². The van der Waals surface area contributed by atoms with Crippen molar-refractivity contribution >= 4 is 21.6 Å². The third kappa shape index (κ3) is 5.29. The van der Waals surface area contributed by atoms with Gasteiger partial charge in [-0.3, -0.25) is 4.79 Å². The van der Waals surface area contributed by atoms with Gasteiger partial charge in [0.15, 0.2) is 0 Å². The number of likely N-dealkylation sites (N-methyl/N-ethyl adjacent to an activating group) is 1. The van der Waals surface area contributed by atoms with Crippen LogP contribution in [0.4, 0.5) is 5.69 Å². The standard InChI is InChI=1S/C19H21N3O4S/c1-3-22(27(24,25)18-10-8-17(26-2)9-11-18)14-19(23)21-16-6-4-15(5-7-16)12-13-20/h4-11H,3,12,14H2,1-2H3,(H,21,23). The van der Waals surface area contributed by atoms with Gasteiger partial charge in [0.05, 0.1) is 31.0 Å². The van der Waals surface area contributed by atoms with Gasteiger partial charge in [-0.2, -0.15) is 9.57 Å². The summed E-state index contributed by atoms with van der Waals surface area (Å²) in [4.78, 5) is 12.4. The van der Waals surface area contributed by atoms with Crippen LogP contribution in [-0.2, 0) is 21.2 Å². The van der Waals surface area contributed by atoms with E-state index in [1.165, 1.54) is 19.2 Å². The highest BCUT2D eigenvalue weighted by atomic mass is 32.2. The molecule has 0 atom stereocenters. The van der Waals surface area contributed by atoms with Crippen molar-refractivity contribution in [2.24, 2.45) is 0 Å². The first-order chi connectivity index (χ1) is 12.9. The molecule has 1 N–H and O–H groups in total. The number of anilines is 1. The summed E-state index contributed by atoms with van der Waals surface area (Å²) in [5.74, 6) is 0.108. The number of hydrogen-bond donors (Lipinski definition) is 1. The van der Waals surface area contributed by atoms with Crippen LogP contribution >= 0.6 is 0 Å². The Morgan fingerprint density at radius 3 is 2.30 bits per heavy atom. The van der Waals surface area contributed by atoms with Crippen molar-refractivity contribution in [3.63, 3.8) is 0 Å². The largest absolute Gasteiger partial charge is 0.497 e. The molecular formula is C19H21N3O4S. The number of ether oxygens (including phenoxy) is 1. The van der Waals surface area contributed by atoms with Gasteiger partial charge in [0.1, 0.15) is 5.75 Å². The second kappa shape index (κ2) is 9.16. The maximum absolute atomic E-state index is 12.7. The molecule has 2 aromatic rings. The zero-order valence-corrected chi connectivity index (χ0v) is 16.0. The number of rotatable bonds is 8. The molecule has 27 heavy (non-hydrogen) atoms. The van der Waals surface area contributed by atoms with Crippen molar-refractivity contribution in [1.29, 1.82) is 5.26 Å². The van der Waals surface area contributed by atoms with E-state index in [1.807, 2.05) is 6.07 Å². The first-order valence-electron chi connectivity index (χ1n) is 8.30. The highest BCUT2D eigenvalue weighted by molar-refractivity contribution is 7.89. The van der Waals surface area contributed by atoms with Gasteiger partial charge in [-0.05, 0) is 42.0 Å². The lowest BCUT2D eigenvalue weighted by Crippen LogP contribution is -2.37. The van der Waals surface area contributed by atoms with Gasteiger partial charge >= 0.3 is 0 Å². The van der Waals surface area contributed by atoms with E-state index >= 15 is 0 Å². The molecule has 0 heterocycles. The van der Waals surface area contributed by atoms with Gasteiger partial charge < -0.3 is 10.1 Å². The fourth-order valence-corrected chi connectivity index (χ4v) is 3.83. The average molecular weight is 387 g/mol. The second-order valence-electron chi connectivity index (χ2n) is 5.69. The summed E-state index contributed by atoms with van der Waals surface area (Å²) in [7, 11) is -2.30. The number of benzene rings is 2. The summed E-state index contributed by atoms with van der Waals surface area (Å²) in [6.07, 6.45) is 0.290. The Morgan fingerprint density at radius 1 is 1.15 bits per heavy atom. The van der Waals surface area contributed by atoms with Gasteiger partial charge in [-0.1, -0.05) is 19.1 Å². The molecule has 0 aliphatic rings. The molecule has 0 saturated heterocycles. The lowest BCUT2D eigenvalue weighted by molar-refractivity contribution is -0.116. The van der Waals surface area contributed by atoms with E-state index in [2.05, 4.69) is 5.32 Å². The van der Waals surface area contributed by atoms with Crippen molar-refractivity contribution in [2.75, 3.05) is 25.5 Å². The number of amides is 1. The molecule has 142 valence electrons. The van der Waals surface area contributed by atoms with Crippen molar-refractivity contribution in [3.8, 4) is 11.8 Å². The number of carbonyl (C=O) groups is 1. The van der Waals surface area contributed by atoms with Crippen molar-refractivity contribution < 1.29 is 17.9 Å². The van der Waals surface area contributed by atoms with Crippen LogP contribution in [0.3, 0.4) is 0 Å². The number of nitrogens with one attached hydrogen (secondary N) is 1. The van der Waals surface area contributed by atoms with Gasteiger partial charge in [0.25, 0.3) is 0 Å². The van der Waals surface area contributed by atoms with E-state index in [4.69, 9.17) is 10.00 Å². The molecule has 2 aromatic carbocycles. The molecule has 0 aliphatic heterocycles. The zero-order chi connectivity index (χ0) is 19.9. The predicted molar refractivity (Wildman–Crippen MR) is 102 cm³/mol. The minimum atomic E-state index is -3.80. The van der Waals surface area contributed by atoms with E-state index in [0.29, 0.717) is 11.4 Å². The van der Waals surface area contributed by atoms with Crippen LogP contribution in [0.5, 0.6) is 5.75 Å².